The highest BCUT2D eigenvalue weighted by atomic mass is 35.5. The Kier molecular flexibility index (Phi) is 5.90. The van der Waals surface area contributed by atoms with Crippen LogP contribution in [0.3, 0.4) is 0 Å². The molecule has 3 rings (SSSR count). The summed E-state index contributed by atoms with van der Waals surface area (Å²) in [4.78, 5) is 26.8. The molecule has 0 aliphatic heterocycles. The third kappa shape index (κ3) is 3.82. The van der Waals surface area contributed by atoms with Crippen molar-refractivity contribution in [2.75, 3.05) is 19.0 Å². The van der Waals surface area contributed by atoms with E-state index in [-0.39, 0.29) is 5.56 Å². The maximum atomic E-state index is 12.6. The molecule has 0 atom stereocenters. The molecule has 0 aliphatic carbocycles. The number of methoxy groups -OCH3 is 1. The van der Waals surface area contributed by atoms with E-state index in [0.717, 1.165) is 23.3 Å². The number of carboxylic acid groups (broad SMARTS) is 1. The number of aromatic carboxylic acids is 1. The van der Waals surface area contributed by atoms with E-state index in [9.17, 15) is 14.7 Å². The molecule has 0 radical (unpaired) electrons. The smallest absolute Gasteiger partial charge is 0.341 e. The Morgan fingerprint density at radius 3 is 2.79 bits per heavy atom. The van der Waals surface area contributed by atoms with Crippen LogP contribution in [0.4, 0.5) is 5.69 Å². The van der Waals surface area contributed by atoms with Crippen LogP contribution in [0, 0.1) is 0 Å². The Labute approximate surface area is 167 Å². The Bertz CT molecular complexity index is 1090. The quantitative estimate of drug-likeness (QED) is 0.555. The van der Waals surface area contributed by atoms with Crippen LogP contribution in [0.2, 0.25) is 5.02 Å². The van der Waals surface area contributed by atoms with Gasteiger partial charge in [0.1, 0.15) is 11.3 Å². The minimum Gasteiger partial charge on any atom is -0.497 e. The number of aromatic nitrogens is 1. The zero-order chi connectivity index (χ0) is 20.3. The normalized spacial score (nSPS) is 10.8. The van der Waals surface area contributed by atoms with Gasteiger partial charge in [-0.05, 0) is 42.2 Å². The highest BCUT2D eigenvalue weighted by Crippen LogP contribution is 2.32. The number of carboxylic acids is 1. The van der Waals surface area contributed by atoms with Gasteiger partial charge in [0, 0.05) is 18.1 Å². The summed E-state index contributed by atoms with van der Waals surface area (Å²) in [5, 5.41) is 13.3. The summed E-state index contributed by atoms with van der Waals surface area (Å²) in [6.07, 6.45) is 2.56. The summed E-state index contributed by atoms with van der Waals surface area (Å²) in [6, 6.07) is 9.41. The van der Waals surface area contributed by atoms with Gasteiger partial charge in [-0.15, -0.1) is 0 Å². The van der Waals surface area contributed by atoms with Gasteiger partial charge in [-0.3, -0.25) is 4.79 Å². The van der Waals surface area contributed by atoms with E-state index in [1.54, 1.807) is 13.2 Å². The molecule has 0 saturated carbocycles. The van der Waals surface area contributed by atoms with E-state index in [2.05, 4.69) is 10.3 Å². The van der Waals surface area contributed by atoms with E-state index in [1.807, 2.05) is 31.2 Å². The molecule has 146 valence electrons. The fourth-order valence-corrected chi connectivity index (χ4v) is 3.55. The topological polar surface area (TPSA) is 91.4 Å². The number of hydrogen-bond acceptors (Lipinski definition) is 4. The molecule has 7 heteroatoms. The summed E-state index contributed by atoms with van der Waals surface area (Å²) < 4.78 is 5.23. The van der Waals surface area contributed by atoms with E-state index in [4.69, 9.17) is 16.3 Å². The third-order valence-electron chi connectivity index (χ3n) is 4.66. The molecule has 1 heterocycles. The lowest BCUT2D eigenvalue weighted by Gasteiger charge is -2.14. The van der Waals surface area contributed by atoms with Crippen LogP contribution >= 0.6 is 11.6 Å². The highest BCUT2D eigenvalue weighted by molar-refractivity contribution is 6.35. The van der Waals surface area contributed by atoms with E-state index < -0.39 is 11.4 Å². The van der Waals surface area contributed by atoms with Gasteiger partial charge >= 0.3 is 5.97 Å². The molecular weight excluding hydrogens is 380 g/mol. The van der Waals surface area contributed by atoms with Crippen molar-refractivity contribution in [1.29, 1.82) is 0 Å². The molecule has 0 spiro atoms. The van der Waals surface area contributed by atoms with Gasteiger partial charge in [0.25, 0.3) is 0 Å². The number of anilines is 1. The second-order valence-electron chi connectivity index (χ2n) is 6.36. The molecule has 0 unspecified atom stereocenters. The van der Waals surface area contributed by atoms with Crippen molar-refractivity contribution in [2.24, 2.45) is 0 Å². The second kappa shape index (κ2) is 8.35. The fourth-order valence-electron chi connectivity index (χ4n) is 3.20. The van der Waals surface area contributed by atoms with Crippen LogP contribution in [0.5, 0.6) is 5.75 Å². The SMILES string of the molecule is CCc1c(Cl)c(NCCc2cccc(OC)c2)cc2c(=O)c(C(=O)O)c[nH]c12. The van der Waals surface area contributed by atoms with Crippen molar-refractivity contribution in [3.63, 3.8) is 0 Å². The molecule has 0 fully saturated rings. The maximum absolute atomic E-state index is 12.6. The van der Waals surface area contributed by atoms with E-state index in [1.165, 1.54) is 6.20 Å². The van der Waals surface area contributed by atoms with Crippen molar-refractivity contribution >= 4 is 34.2 Å². The van der Waals surface area contributed by atoms with Crippen molar-refractivity contribution < 1.29 is 14.6 Å². The molecule has 0 amide bonds. The standard InChI is InChI=1S/C21H21ClN2O4/c1-3-14-18(22)17(23-8-7-12-5-4-6-13(9-12)28-2)10-15-19(14)24-11-16(20(15)25)21(26)27/h4-6,9-11,23H,3,7-8H2,1-2H3,(H,24,25)(H,26,27). The molecule has 0 aliphatic rings. The number of halogens is 1. The summed E-state index contributed by atoms with van der Waals surface area (Å²) in [5.41, 5.74) is 2.24. The first kappa shape index (κ1) is 19.8. The Balaban J connectivity index is 1.93. The zero-order valence-corrected chi connectivity index (χ0v) is 16.4. The lowest BCUT2D eigenvalue weighted by atomic mass is 10.0. The lowest BCUT2D eigenvalue weighted by molar-refractivity contribution is 0.0695. The van der Waals surface area contributed by atoms with Gasteiger partial charge in [-0.2, -0.15) is 0 Å². The number of hydrogen-bond donors (Lipinski definition) is 3. The molecule has 1 aromatic heterocycles. The van der Waals surface area contributed by atoms with Gasteiger partial charge in [0.05, 0.1) is 23.3 Å². The fraction of sp³-hybridized carbons (Fsp3) is 0.238. The number of ether oxygens (including phenoxy) is 1. The lowest BCUT2D eigenvalue weighted by Crippen LogP contribution is -2.16. The van der Waals surface area contributed by atoms with Crippen LogP contribution < -0.4 is 15.5 Å². The number of carbonyl (C=O) groups is 1. The van der Waals surface area contributed by atoms with Crippen molar-refractivity contribution in [3.05, 3.63) is 68.5 Å². The minimum absolute atomic E-state index is 0.292. The van der Waals surface area contributed by atoms with Crippen LogP contribution in [-0.2, 0) is 12.8 Å². The summed E-state index contributed by atoms with van der Waals surface area (Å²) >= 11 is 6.55. The van der Waals surface area contributed by atoms with E-state index in [0.29, 0.717) is 34.6 Å². The average molecular weight is 401 g/mol. The average Bonchev–Trinajstić information content (AvgIpc) is 2.69. The van der Waals surface area contributed by atoms with Crippen LogP contribution in [0.15, 0.2) is 41.3 Å². The zero-order valence-electron chi connectivity index (χ0n) is 15.6. The van der Waals surface area contributed by atoms with Gasteiger partial charge < -0.3 is 20.1 Å². The molecule has 3 aromatic rings. The van der Waals surface area contributed by atoms with Crippen molar-refractivity contribution in [1.82, 2.24) is 4.98 Å². The molecule has 28 heavy (non-hydrogen) atoms. The minimum atomic E-state index is -1.26. The summed E-state index contributed by atoms with van der Waals surface area (Å²) in [7, 11) is 1.63. The summed E-state index contributed by atoms with van der Waals surface area (Å²) in [5.74, 6) is -0.467. The third-order valence-corrected chi connectivity index (χ3v) is 5.09. The van der Waals surface area contributed by atoms with Crippen LogP contribution in [0.1, 0.15) is 28.4 Å². The number of nitrogens with one attached hydrogen (secondary N) is 2. The largest absolute Gasteiger partial charge is 0.497 e. The van der Waals surface area contributed by atoms with Crippen LogP contribution in [0.25, 0.3) is 10.9 Å². The van der Waals surface area contributed by atoms with Crippen molar-refractivity contribution in [3.8, 4) is 5.75 Å². The van der Waals surface area contributed by atoms with Gasteiger partial charge in [0.2, 0.25) is 5.43 Å². The van der Waals surface area contributed by atoms with Gasteiger partial charge in [-0.1, -0.05) is 30.7 Å². The Hall–Kier alpha value is -2.99. The number of benzene rings is 2. The Morgan fingerprint density at radius 1 is 1.32 bits per heavy atom. The molecular formula is C21H21ClN2O4. The second-order valence-corrected chi connectivity index (χ2v) is 6.74. The molecule has 6 nitrogen and oxygen atoms in total. The number of H-pyrrole nitrogens is 1. The first-order valence-corrected chi connectivity index (χ1v) is 9.31. The van der Waals surface area contributed by atoms with Gasteiger partial charge in [0.15, 0.2) is 0 Å². The van der Waals surface area contributed by atoms with E-state index >= 15 is 0 Å². The summed E-state index contributed by atoms with van der Waals surface area (Å²) in [6.45, 7) is 2.53. The number of rotatable bonds is 7. The molecule has 0 saturated heterocycles. The monoisotopic (exact) mass is 400 g/mol. The number of fused-ring (bicyclic) bond motifs is 1. The molecule has 0 bridgehead atoms. The number of aromatic amines is 1. The Morgan fingerprint density at radius 2 is 2.11 bits per heavy atom. The first-order valence-electron chi connectivity index (χ1n) is 8.93. The first-order chi connectivity index (χ1) is 13.5. The highest BCUT2D eigenvalue weighted by Gasteiger charge is 2.17. The van der Waals surface area contributed by atoms with Crippen molar-refractivity contribution in [2.45, 2.75) is 19.8 Å². The predicted molar refractivity (Wildman–Crippen MR) is 111 cm³/mol. The number of aryl methyl sites for hydroxylation is 1. The molecule has 3 N–H and O–H groups in total. The van der Waals surface area contributed by atoms with Crippen LogP contribution in [-0.4, -0.2) is 29.7 Å². The maximum Gasteiger partial charge on any atom is 0.341 e. The predicted octanol–water partition coefficient (Wildman–Crippen LogP) is 4.11. The van der Waals surface area contributed by atoms with Gasteiger partial charge in [-0.25, -0.2) is 4.79 Å². The molecule has 2 aromatic carbocycles. The number of pyridine rings is 1.